The molecule has 3 aromatic rings. The van der Waals surface area contributed by atoms with Crippen molar-refractivity contribution >= 4 is 17.6 Å². The first-order valence-electron chi connectivity index (χ1n) is 10.00. The Bertz CT molecular complexity index is 1210. The molecule has 8 nitrogen and oxygen atoms in total. The zero-order chi connectivity index (χ0) is 23.0. The van der Waals surface area contributed by atoms with E-state index in [1.54, 1.807) is 25.2 Å². The van der Waals surface area contributed by atoms with Crippen molar-refractivity contribution in [3.8, 4) is 11.5 Å². The normalized spacial score (nSPS) is 14.2. The van der Waals surface area contributed by atoms with Crippen LogP contribution in [0.25, 0.3) is 11.5 Å². The summed E-state index contributed by atoms with van der Waals surface area (Å²) in [6, 6.07) is 7.64. The maximum absolute atomic E-state index is 14.4. The van der Waals surface area contributed by atoms with Crippen LogP contribution in [0.15, 0.2) is 36.5 Å². The standard InChI is InChI=1S/C22H21F2N5O3/c1-13(30)18-9-17(27-29(18)11-14-5-3-4-6-15(14)23)19-25-10-16(24)20(26-19)28(2)12-22(7-8-22)21(31)32/h3-6,9-10H,7-8,11-12H2,1-2H3,(H,31,32). The maximum Gasteiger partial charge on any atom is 0.311 e. The summed E-state index contributed by atoms with van der Waals surface area (Å²) in [6.45, 7) is 1.50. The largest absolute Gasteiger partial charge is 0.481 e. The SMILES string of the molecule is CC(=O)c1cc(-c2ncc(F)c(N(C)CC3(C(=O)O)CC3)n2)nn1Cc1ccccc1F. The third-order valence-corrected chi connectivity index (χ3v) is 5.58. The molecule has 0 radical (unpaired) electrons. The van der Waals surface area contributed by atoms with E-state index in [1.165, 1.54) is 28.6 Å². The lowest BCUT2D eigenvalue weighted by Gasteiger charge is -2.22. The summed E-state index contributed by atoms with van der Waals surface area (Å²) in [5.41, 5.74) is -0.0851. The van der Waals surface area contributed by atoms with Gasteiger partial charge in [-0.15, -0.1) is 0 Å². The summed E-state index contributed by atoms with van der Waals surface area (Å²) >= 11 is 0. The smallest absolute Gasteiger partial charge is 0.311 e. The van der Waals surface area contributed by atoms with Crippen molar-refractivity contribution in [1.29, 1.82) is 0 Å². The predicted octanol–water partition coefficient (Wildman–Crippen LogP) is 3.17. The summed E-state index contributed by atoms with van der Waals surface area (Å²) in [4.78, 5) is 33.3. The summed E-state index contributed by atoms with van der Waals surface area (Å²) in [5, 5.41) is 13.8. The molecule has 1 aromatic carbocycles. The minimum Gasteiger partial charge on any atom is -0.481 e. The molecular weight excluding hydrogens is 420 g/mol. The van der Waals surface area contributed by atoms with Crippen LogP contribution in [0.1, 0.15) is 35.8 Å². The highest BCUT2D eigenvalue weighted by Crippen LogP contribution is 2.46. The number of rotatable bonds is 8. The van der Waals surface area contributed by atoms with Crippen molar-refractivity contribution in [3.63, 3.8) is 0 Å². The van der Waals surface area contributed by atoms with Gasteiger partial charge in [0.1, 0.15) is 17.2 Å². The summed E-state index contributed by atoms with van der Waals surface area (Å²) in [5.74, 6) is -2.31. The molecule has 4 rings (SSSR count). The number of carboxylic acid groups (broad SMARTS) is 1. The molecule has 1 aliphatic carbocycles. The third-order valence-electron chi connectivity index (χ3n) is 5.58. The van der Waals surface area contributed by atoms with Crippen molar-refractivity contribution in [2.24, 2.45) is 5.41 Å². The number of carbonyl (C=O) groups is 2. The first-order chi connectivity index (χ1) is 15.2. The number of benzene rings is 1. The van der Waals surface area contributed by atoms with Gasteiger partial charge in [-0.1, -0.05) is 18.2 Å². The topological polar surface area (TPSA) is 101 Å². The van der Waals surface area contributed by atoms with E-state index in [0.717, 1.165) is 6.20 Å². The number of hydrogen-bond acceptors (Lipinski definition) is 6. The number of nitrogens with zero attached hydrogens (tertiary/aromatic N) is 5. The number of aliphatic carboxylic acids is 1. The Balaban J connectivity index is 1.66. The Labute approximate surface area is 182 Å². The molecule has 32 heavy (non-hydrogen) atoms. The Morgan fingerprint density at radius 1 is 1.22 bits per heavy atom. The van der Waals surface area contributed by atoms with E-state index in [9.17, 15) is 23.5 Å². The van der Waals surface area contributed by atoms with Gasteiger partial charge in [-0.3, -0.25) is 14.3 Å². The van der Waals surface area contributed by atoms with E-state index in [2.05, 4.69) is 15.1 Å². The van der Waals surface area contributed by atoms with Gasteiger partial charge < -0.3 is 10.0 Å². The van der Waals surface area contributed by atoms with Gasteiger partial charge in [-0.2, -0.15) is 5.10 Å². The fourth-order valence-electron chi connectivity index (χ4n) is 3.59. The maximum atomic E-state index is 14.4. The van der Waals surface area contributed by atoms with E-state index >= 15 is 0 Å². The van der Waals surface area contributed by atoms with Gasteiger partial charge in [-0.05, 0) is 25.0 Å². The van der Waals surface area contributed by atoms with Crippen molar-refractivity contribution in [2.45, 2.75) is 26.3 Å². The van der Waals surface area contributed by atoms with Crippen LogP contribution in [0.4, 0.5) is 14.6 Å². The van der Waals surface area contributed by atoms with Gasteiger partial charge in [0, 0.05) is 26.1 Å². The van der Waals surface area contributed by atoms with Crippen LogP contribution < -0.4 is 4.90 Å². The number of hydrogen-bond donors (Lipinski definition) is 1. The van der Waals surface area contributed by atoms with Gasteiger partial charge in [0.25, 0.3) is 0 Å². The molecule has 0 spiro atoms. The van der Waals surface area contributed by atoms with Crippen molar-refractivity contribution in [2.75, 3.05) is 18.5 Å². The van der Waals surface area contributed by atoms with Crippen LogP contribution in [0.2, 0.25) is 0 Å². The number of carbonyl (C=O) groups excluding carboxylic acids is 1. The lowest BCUT2D eigenvalue weighted by Crippen LogP contribution is -2.33. The average Bonchev–Trinajstić information content (AvgIpc) is 3.41. The van der Waals surface area contributed by atoms with Crippen LogP contribution in [-0.2, 0) is 11.3 Å². The lowest BCUT2D eigenvalue weighted by atomic mass is 10.1. The molecule has 10 heteroatoms. The Kier molecular flexibility index (Phi) is 5.45. The fraction of sp³-hybridized carbons (Fsp3) is 0.318. The molecule has 166 valence electrons. The van der Waals surface area contributed by atoms with Crippen LogP contribution in [0.5, 0.6) is 0 Å². The highest BCUT2D eigenvalue weighted by atomic mass is 19.1. The molecule has 2 aromatic heterocycles. The summed E-state index contributed by atoms with van der Waals surface area (Å²) in [6.07, 6.45) is 2.03. The number of aromatic nitrogens is 4. The quantitative estimate of drug-likeness (QED) is 0.536. The Morgan fingerprint density at radius 2 is 1.94 bits per heavy atom. The summed E-state index contributed by atoms with van der Waals surface area (Å²) < 4.78 is 29.9. The van der Waals surface area contributed by atoms with E-state index in [1.807, 2.05) is 0 Å². The highest BCUT2D eigenvalue weighted by Gasteiger charge is 2.51. The number of carboxylic acids is 1. The lowest BCUT2D eigenvalue weighted by molar-refractivity contribution is -0.142. The second-order valence-electron chi connectivity index (χ2n) is 8.03. The molecule has 1 fully saturated rings. The number of anilines is 1. The van der Waals surface area contributed by atoms with E-state index in [-0.39, 0.29) is 41.9 Å². The van der Waals surface area contributed by atoms with E-state index in [0.29, 0.717) is 18.4 Å². The molecule has 0 aliphatic heterocycles. The fourth-order valence-corrected chi connectivity index (χ4v) is 3.59. The van der Waals surface area contributed by atoms with Crippen molar-refractivity contribution < 1.29 is 23.5 Å². The Morgan fingerprint density at radius 3 is 2.56 bits per heavy atom. The number of Topliss-reactive ketones (excluding diaryl/α,β-unsaturated/α-hetero) is 1. The zero-order valence-electron chi connectivity index (χ0n) is 17.5. The van der Waals surface area contributed by atoms with Crippen LogP contribution in [-0.4, -0.2) is 50.2 Å². The molecule has 1 N–H and O–H groups in total. The minimum absolute atomic E-state index is 0.0245. The first-order valence-corrected chi connectivity index (χ1v) is 10.00. The number of ketones is 1. The average molecular weight is 441 g/mol. The van der Waals surface area contributed by atoms with E-state index < -0.39 is 23.0 Å². The van der Waals surface area contributed by atoms with Gasteiger partial charge >= 0.3 is 5.97 Å². The molecule has 2 heterocycles. The molecule has 0 saturated heterocycles. The minimum atomic E-state index is -0.919. The molecule has 0 bridgehead atoms. The monoisotopic (exact) mass is 441 g/mol. The zero-order valence-corrected chi connectivity index (χ0v) is 17.5. The summed E-state index contributed by atoms with van der Waals surface area (Å²) in [7, 11) is 1.57. The number of halogens is 2. The van der Waals surface area contributed by atoms with Crippen LogP contribution >= 0.6 is 0 Å². The van der Waals surface area contributed by atoms with Crippen molar-refractivity contribution in [3.05, 3.63) is 59.4 Å². The van der Waals surface area contributed by atoms with Gasteiger partial charge in [0.2, 0.25) is 0 Å². The molecule has 0 atom stereocenters. The predicted molar refractivity (Wildman–Crippen MR) is 111 cm³/mol. The molecule has 1 aliphatic rings. The van der Waals surface area contributed by atoms with Gasteiger partial charge in [-0.25, -0.2) is 18.7 Å². The molecule has 0 amide bonds. The Hall–Kier alpha value is -3.69. The first kappa shape index (κ1) is 21.5. The molecule has 1 saturated carbocycles. The molecule has 0 unspecified atom stereocenters. The van der Waals surface area contributed by atoms with Crippen LogP contribution in [0, 0.1) is 17.0 Å². The highest BCUT2D eigenvalue weighted by molar-refractivity contribution is 5.93. The molecular formula is C22H21F2N5O3. The van der Waals surface area contributed by atoms with Crippen LogP contribution in [0.3, 0.4) is 0 Å². The van der Waals surface area contributed by atoms with E-state index in [4.69, 9.17) is 0 Å². The second-order valence-corrected chi connectivity index (χ2v) is 8.03. The third kappa shape index (κ3) is 4.08. The van der Waals surface area contributed by atoms with Crippen molar-refractivity contribution in [1.82, 2.24) is 19.7 Å². The second kappa shape index (κ2) is 8.10. The van der Waals surface area contributed by atoms with Gasteiger partial charge in [0.05, 0.1) is 18.2 Å². The van der Waals surface area contributed by atoms with Gasteiger partial charge in [0.15, 0.2) is 23.2 Å².